The van der Waals surface area contributed by atoms with Gasteiger partial charge in [-0.15, -0.1) is 0 Å². The third-order valence-electron chi connectivity index (χ3n) is 2.75. The van der Waals surface area contributed by atoms with Crippen molar-refractivity contribution < 1.29 is 14.3 Å². The molecule has 0 bridgehead atoms. The zero-order valence-electron chi connectivity index (χ0n) is 11.6. The van der Waals surface area contributed by atoms with Crippen molar-refractivity contribution in [1.82, 2.24) is 0 Å². The van der Waals surface area contributed by atoms with Crippen LogP contribution < -0.4 is 0 Å². The number of nitrogens with zero attached hydrogens (tertiary/aromatic N) is 2. The summed E-state index contributed by atoms with van der Waals surface area (Å²) in [5, 5.41) is 0. The van der Waals surface area contributed by atoms with Gasteiger partial charge < -0.3 is 4.74 Å². The third kappa shape index (κ3) is 16.7. The second-order valence-corrected chi connectivity index (χ2v) is 4.39. The van der Waals surface area contributed by atoms with Gasteiger partial charge in [-0.25, -0.2) is 19.6 Å². The maximum absolute atomic E-state index is 9.80. The highest BCUT2D eigenvalue weighted by molar-refractivity contribution is 5.32. The van der Waals surface area contributed by atoms with E-state index in [1.165, 1.54) is 12.2 Å². The first-order chi connectivity index (χ1) is 9.41. The first-order valence-corrected chi connectivity index (χ1v) is 7.07. The molecule has 0 atom stereocenters. The predicted octanol–water partition coefficient (Wildman–Crippen LogP) is 2.80. The Balaban J connectivity index is 2.98. The molecular weight excluding hydrogens is 244 g/mol. The standard InChI is InChI=1S/C14H24N2O3/c17-13-15-9-5-1-3-7-11-19-12-8-4-2-6-10-16-14-18/h1-12H2. The molecule has 0 aliphatic carbocycles. The number of hydrogen-bond acceptors (Lipinski definition) is 5. The average Bonchev–Trinajstić information content (AvgIpc) is 2.43. The van der Waals surface area contributed by atoms with Crippen LogP contribution in [0, 0.1) is 0 Å². The van der Waals surface area contributed by atoms with Gasteiger partial charge in [0.2, 0.25) is 12.2 Å². The van der Waals surface area contributed by atoms with Crippen LogP contribution in [0.5, 0.6) is 0 Å². The number of rotatable bonds is 14. The molecule has 0 aliphatic rings. The Hall–Kier alpha value is -1.28. The molecule has 0 spiro atoms. The first kappa shape index (κ1) is 17.7. The Labute approximate surface area is 115 Å². The Morgan fingerprint density at radius 2 is 1.05 bits per heavy atom. The minimum atomic E-state index is 0.596. The van der Waals surface area contributed by atoms with Crippen molar-refractivity contribution in [2.45, 2.75) is 51.4 Å². The molecule has 19 heavy (non-hydrogen) atoms. The average molecular weight is 268 g/mol. The predicted molar refractivity (Wildman–Crippen MR) is 73.7 cm³/mol. The van der Waals surface area contributed by atoms with Gasteiger partial charge in [0.1, 0.15) is 0 Å². The number of hydrogen-bond donors (Lipinski definition) is 0. The quantitative estimate of drug-likeness (QED) is 0.276. The fraction of sp³-hybridized carbons (Fsp3) is 0.857. The maximum atomic E-state index is 9.80. The second kappa shape index (κ2) is 16.7. The molecule has 0 fully saturated rings. The molecule has 0 saturated carbocycles. The van der Waals surface area contributed by atoms with Crippen LogP contribution in [0.25, 0.3) is 0 Å². The monoisotopic (exact) mass is 268 g/mol. The van der Waals surface area contributed by atoms with E-state index in [0.29, 0.717) is 13.1 Å². The second-order valence-electron chi connectivity index (χ2n) is 4.39. The van der Waals surface area contributed by atoms with E-state index in [0.717, 1.165) is 64.6 Å². The summed E-state index contributed by atoms with van der Waals surface area (Å²) in [6, 6.07) is 0. The molecule has 0 aromatic carbocycles. The summed E-state index contributed by atoms with van der Waals surface area (Å²) in [5.74, 6) is 0. The summed E-state index contributed by atoms with van der Waals surface area (Å²) >= 11 is 0. The highest BCUT2D eigenvalue weighted by Gasteiger charge is 1.93. The number of isocyanates is 2. The van der Waals surface area contributed by atoms with E-state index in [2.05, 4.69) is 9.98 Å². The van der Waals surface area contributed by atoms with Crippen LogP contribution in [0.2, 0.25) is 0 Å². The molecule has 5 heteroatoms. The topological polar surface area (TPSA) is 68.1 Å². The lowest BCUT2D eigenvalue weighted by Gasteiger charge is -2.03. The van der Waals surface area contributed by atoms with Crippen molar-refractivity contribution in [2.75, 3.05) is 26.3 Å². The summed E-state index contributed by atoms with van der Waals surface area (Å²) in [7, 11) is 0. The first-order valence-electron chi connectivity index (χ1n) is 7.07. The highest BCUT2D eigenvalue weighted by atomic mass is 16.5. The summed E-state index contributed by atoms with van der Waals surface area (Å²) in [5.41, 5.74) is 0. The van der Waals surface area contributed by atoms with Gasteiger partial charge in [-0.2, -0.15) is 0 Å². The molecule has 0 rings (SSSR count). The smallest absolute Gasteiger partial charge is 0.234 e. The fourth-order valence-electron chi connectivity index (χ4n) is 1.69. The van der Waals surface area contributed by atoms with Crippen molar-refractivity contribution in [3.63, 3.8) is 0 Å². The van der Waals surface area contributed by atoms with Crippen molar-refractivity contribution in [3.8, 4) is 0 Å². The summed E-state index contributed by atoms with van der Waals surface area (Å²) in [6.07, 6.45) is 11.6. The molecule has 0 aliphatic heterocycles. The van der Waals surface area contributed by atoms with Crippen LogP contribution in [-0.2, 0) is 14.3 Å². The van der Waals surface area contributed by atoms with Gasteiger partial charge in [0.05, 0.1) is 13.1 Å². The summed E-state index contributed by atoms with van der Waals surface area (Å²) in [6.45, 7) is 2.82. The molecule has 0 radical (unpaired) electrons. The number of unbranched alkanes of at least 4 members (excludes halogenated alkanes) is 6. The van der Waals surface area contributed by atoms with Crippen molar-refractivity contribution >= 4 is 12.2 Å². The molecule has 0 N–H and O–H groups in total. The van der Waals surface area contributed by atoms with Gasteiger partial charge in [-0.05, 0) is 25.7 Å². The Kier molecular flexibility index (Phi) is 15.6. The highest BCUT2D eigenvalue weighted by Crippen LogP contribution is 2.03. The molecule has 108 valence electrons. The van der Waals surface area contributed by atoms with Crippen LogP contribution in [0.4, 0.5) is 0 Å². The van der Waals surface area contributed by atoms with Crippen LogP contribution in [0.3, 0.4) is 0 Å². The maximum Gasteiger partial charge on any atom is 0.234 e. The number of carbonyl (C=O) groups excluding carboxylic acids is 2. The lowest BCUT2D eigenvalue weighted by molar-refractivity contribution is 0.126. The van der Waals surface area contributed by atoms with Gasteiger partial charge in [0.15, 0.2) is 0 Å². The van der Waals surface area contributed by atoms with Crippen molar-refractivity contribution in [1.29, 1.82) is 0 Å². The molecule has 0 amide bonds. The van der Waals surface area contributed by atoms with Gasteiger partial charge >= 0.3 is 0 Å². The van der Waals surface area contributed by atoms with E-state index in [1.807, 2.05) is 0 Å². The SMILES string of the molecule is O=C=NCCCCCCOCCCCCCN=C=O. The van der Waals surface area contributed by atoms with E-state index in [-0.39, 0.29) is 0 Å². The number of ether oxygens (including phenoxy) is 1. The largest absolute Gasteiger partial charge is 0.381 e. The lowest BCUT2D eigenvalue weighted by atomic mass is 10.2. The third-order valence-corrected chi connectivity index (χ3v) is 2.75. The van der Waals surface area contributed by atoms with Crippen LogP contribution in [0.15, 0.2) is 9.98 Å². The van der Waals surface area contributed by atoms with Crippen LogP contribution in [0.1, 0.15) is 51.4 Å². The minimum absolute atomic E-state index is 0.596. The Morgan fingerprint density at radius 3 is 1.47 bits per heavy atom. The van der Waals surface area contributed by atoms with E-state index in [4.69, 9.17) is 4.74 Å². The molecule has 0 aromatic rings. The van der Waals surface area contributed by atoms with Crippen LogP contribution >= 0.6 is 0 Å². The molecule has 0 saturated heterocycles. The zero-order chi connectivity index (χ0) is 14.0. The molecule has 5 nitrogen and oxygen atoms in total. The van der Waals surface area contributed by atoms with Crippen molar-refractivity contribution in [2.24, 2.45) is 9.98 Å². The van der Waals surface area contributed by atoms with Gasteiger partial charge in [0.25, 0.3) is 0 Å². The van der Waals surface area contributed by atoms with Gasteiger partial charge in [-0.3, -0.25) is 0 Å². The zero-order valence-corrected chi connectivity index (χ0v) is 11.6. The van der Waals surface area contributed by atoms with Gasteiger partial charge in [0, 0.05) is 13.2 Å². The molecule has 0 aromatic heterocycles. The summed E-state index contributed by atoms with van der Waals surface area (Å²) < 4.78 is 5.52. The molecule has 0 heterocycles. The van der Waals surface area contributed by atoms with E-state index in [9.17, 15) is 9.59 Å². The minimum Gasteiger partial charge on any atom is -0.381 e. The van der Waals surface area contributed by atoms with E-state index in [1.54, 1.807) is 0 Å². The Bertz CT molecular complexity index is 254. The van der Waals surface area contributed by atoms with Crippen molar-refractivity contribution in [3.05, 3.63) is 0 Å². The van der Waals surface area contributed by atoms with Gasteiger partial charge in [-0.1, -0.05) is 25.7 Å². The van der Waals surface area contributed by atoms with Crippen LogP contribution in [-0.4, -0.2) is 38.5 Å². The Morgan fingerprint density at radius 1 is 0.632 bits per heavy atom. The lowest BCUT2D eigenvalue weighted by Crippen LogP contribution is -1.97. The number of aliphatic imine (C=N–C) groups is 2. The molecular formula is C14H24N2O3. The van der Waals surface area contributed by atoms with E-state index < -0.39 is 0 Å². The van der Waals surface area contributed by atoms with E-state index >= 15 is 0 Å². The normalized spacial score (nSPS) is 9.68. The fourth-order valence-corrected chi connectivity index (χ4v) is 1.69. The summed E-state index contributed by atoms with van der Waals surface area (Å²) in [4.78, 5) is 26.6. The molecule has 0 unspecified atom stereocenters.